The maximum absolute atomic E-state index is 12.1. The molecule has 8 heteroatoms. The van der Waals surface area contributed by atoms with Crippen molar-refractivity contribution >= 4 is 23.3 Å². The molecular formula is C17H19N5O2S. The molecule has 2 heterocycles. The molecule has 1 N–H and O–H groups in total. The lowest BCUT2D eigenvalue weighted by molar-refractivity contribution is -0.118. The fourth-order valence-corrected chi connectivity index (χ4v) is 3.34. The van der Waals surface area contributed by atoms with Crippen molar-refractivity contribution in [3.8, 4) is 5.75 Å². The Morgan fingerprint density at radius 3 is 2.88 bits per heavy atom. The number of nitrogens with one attached hydrogen (secondary N) is 1. The molecule has 3 rings (SSSR count). The summed E-state index contributed by atoms with van der Waals surface area (Å²) in [4.78, 5) is 16.6. The van der Waals surface area contributed by atoms with Crippen molar-refractivity contribution < 1.29 is 9.53 Å². The lowest BCUT2D eigenvalue weighted by Gasteiger charge is -2.09. The van der Waals surface area contributed by atoms with Gasteiger partial charge in [0, 0.05) is 23.9 Å². The molecule has 130 valence electrons. The summed E-state index contributed by atoms with van der Waals surface area (Å²) in [5.74, 6) is 1.74. The molecule has 0 saturated carbocycles. The minimum Gasteiger partial charge on any atom is -0.496 e. The number of aromatic nitrogens is 4. The summed E-state index contributed by atoms with van der Waals surface area (Å²) >= 11 is 1.34. The molecule has 1 amide bonds. The first-order chi connectivity index (χ1) is 12.1. The molecular weight excluding hydrogens is 338 g/mol. The zero-order valence-electron chi connectivity index (χ0n) is 14.3. The van der Waals surface area contributed by atoms with Gasteiger partial charge in [-0.2, -0.15) is 0 Å². The Kier molecular flexibility index (Phi) is 5.18. The van der Waals surface area contributed by atoms with Gasteiger partial charge in [-0.25, -0.2) is 4.98 Å². The molecule has 2 aromatic heterocycles. The maximum atomic E-state index is 12.1. The monoisotopic (exact) mass is 357 g/mol. The van der Waals surface area contributed by atoms with Gasteiger partial charge in [0.25, 0.3) is 0 Å². The molecule has 0 atom stereocenters. The number of aryl methyl sites for hydroxylation is 2. The van der Waals surface area contributed by atoms with Crippen LogP contribution in [0.4, 0.5) is 0 Å². The van der Waals surface area contributed by atoms with E-state index < -0.39 is 0 Å². The number of fused-ring (bicyclic) bond motifs is 1. The van der Waals surface area contributed by atoms with Crippen molar-refractivity contribution in [1.29, 1.82) is 0 Å². The van der Waals surface area contributed by atoms with Gasteiger partial charge >= 0.3 is 0 Å². The largest absolute Gasteiger partial charge is 0.496 e. The number of para-hydroxylation sites is 1. The number of rotatable bonds is 6. The highest BCUT2D eigenvalue weighted by Gasteiger charge is 2.12. The summed E-state index contributed by atoms with van der Waals surface area (Å²) in [6, 6.07) is 9.48. The quantitative estimate of drug-likeness (QED) is 0.681. The van der Waals surface area contributed by atoms with Crippen molar-refractivity contribution in [2.24, 2.45) is 0 Å². The normalized spacial score (nSPS) is 10.8. The second-order valence-corrected chi connectivity index (χ2v) is 6.44. The first-order valence-electron chi connectivity index (χ1n) is 7.79. The molecule has 0 aliphatic rings. The highest BCUT2D eigenvalue weighted by molar-refractivity contribution is 7.99. The minimum absolute atomic E-state index is 0.0784. The Hall–Kier alpha value is -2.61. The van der Waals surface area contributed by atoms with E-state index in [0.29, 0.717) is 11.7 Å². The molecule has 3 aromatic rings. The molecule has 0 spiro atoms. The van der Waals surface area contributed by atoms with Gasteiger partial charge < -0.3 is 10.1 Å². The molecule has 25 heavy (non-hydrogen) atoms. The average Bonchev–Trinajstić information content (AvgIpc) is 3.01. The summed E-state index contributed by atoms with van der Waals surface area (Å²) in [5, 5.41) is 11.8. The second kappa shape index (κ2) is 7.52. The van der Waals surface area contributed by atoms with Crippen molar-refractivity contribution in [3.63, 3.8) is 0 Å². The Morgan fingerprint density at radius 1 is 1.28 bits per heavy atom. The number of amides is 1. The van der Waals surface area contributed by atoms with Crippen LogP contribution in [-0.4, -0.2) is 38.4 Å². The van der Waals surface area contributed by atoms with Crippen LogP contribution in [0.1, 0.15) is 17.1 Å². The van der Waals surface area contributed by atoms with Crippen LogP contribution in [0.25, 0.3) is 5.65 Å². The molecule has 0 saturated heterocycles. The lowest BCUT2D eigenvalue weighted by Crippen LogP contribution is -2.24. The number of hydrogen-bond donors (Lipinski definition) is 1. The zero-order valence-corrected chi connectivity index (χ0v) is 15.1. The number of benzene rings is 1. The van der Waals surface area contributed by atoms with E-state index in [-0.39, 0.29) is 11.7 Å². The van der Waals surface area contributed by atoms with Crippen LogP contribution in [0.15, 0.2) is 35.5 Å². The van der Waals surface area contributed by atoms with Gasteiger partial charge in [0.15, 0.2) is 10.8 Å². The number of ether oxygens (including phenoxy) is 1. The molecule has 0 fully saturated rings. The van der Waals surface area contributed by atoms with Gasteiger partial charge in [-0.3, -0.25) is 9.20 Å². The topological polar surface area (TPSA) is 81.4 Å². The first-order valence-corrected chi connectivity index (χ1v) is 8.78. The predicted molar refractivity (Wildman–Crippen MR) is 95.8 cm³/mol. The van der Waals surface area contributed by atoms with E-state index in [1.54, 1.807) is 7.11 Å². The standard InChI is InChI=1S/C17H19N5O2S/c1-11-8-15-20-21-17(22(15)12(2)19-11)25-10-16(23)18-9-13-6-4-5-7-14(13)24-3/h4-8H,9-10H2,1-3H3,(H,18,23). The van der Waals surface area contributed by atoms with E-state index in [4.69, 9.17) is 4.74 Å². The van der Waals surface area contributed by atoms with Crippen molar-refractivity contribution in [1.82, 2.24) is 24.9 Å². The minimum atomic E-state index is -0.0784. The van der Waals surface area contributed by atoms with E-state index in [2.05, 4.69) is 20.5 Å². The molecule has 0 unspecified atom stereocenters. The van der Waals surface area contributed by atoms with Crippen LogP contribution in [0.5, 0.6) is 5.75 Å². The number of carbonyl (C=O) groups excluding carboxylic acids is 1. The number of methoxy groups -OCH3 is 1. The Morgan fingerprint density at radius 2 is 2.08 bits per heavy atom. The SMILES string of the molecule is COc1ccccc1CNC(=O)CSc1nnc2cc(C)nc(C)n12. The zero-order chi connectivity index (χ0) is 17.8. The summed E-state index contributed by atoms with van der Waals surface area (Å²) in [6.07, 6.45) is 0. The third-order valence-corrected chi connectivity index (χ3v) is 4.59. The van der Waals surface area contributed by atoms with E-state index >= 15 is 0 Å². The van der Waals surface area contributed by atoms with Crippen LogP contribution in [0, 0.1) is 13.8 Å². The predicted octanol–water partition coefficient (Wildman–Crippen LogP) is 2.16. The molecule has 0 radical (unpaired) electrons. The average molecular weight is 357 g/mol. The number of nitrogens with zero attached hydrogens (tertiary/aromatic N) is 4. The Bertz CT molecular complexity index is 909. The van der Waals surface area contributed by atoms with Gasteiger partial charge in [0.2, 0.25) is 5.91 Å². The van der Waals surface area contributed by atoms with Crippen molar-refractivity contribution in [2.75, 3.05) is 12.9 Å². The molecule has 7 nitrogen and oxygen atoms in total. The van der Waals surface area contributed by atoms with E-state index in [0.717, 1.165) is 28.5 Å². The van der Waals surface area contributed by atoms with Gasteiger partial charge in [0.05, 0.1) is 12.9 Å². The van der Waals surface area contributed by atoms with Crippen LogP contribution in [0.3, 0.4) is 0 Å². The smallest absolute Gasteiger partial charge is 0.230 e. The Labute approximate surface area is 149 Å². The van der Waals surface area contributed by atoms with Crippen LogP contribution < -0.4 is 10.1 Å². The summed E-state index contributed by atoms with van der Waals surface area (Å²) in [6.45, 7) is 4.23. The number of carbonyl (C=O) groups is 1. The molecule has 0 aliphatic carbocycles. The van der Waals surface area contributed by atoms with Gasteiger partial charge in [-0.05, 0) is 19.9 Å². The number of hydrogen-bond acceptors (Lipinski definition) is 6. The fraction of sp³-hybridized carbons (Fsp3) is 0.294. The molecule has 1 aromatic carbocycles. The van der Waals surface area contributed by atoms with Crippen LogP contribution >= 0.6 is 11.8 Å². The summed E-state index contributed by atoms with van der Waals surface area (Å²) in [7, 11) is 1.62. The van der Waals surface area contributed by atoms with Gasteiger partial charge in [0.1, 0.15) is 11.6 Å². The highest BCUT2D eigenvalue weighted by Crippen LogP contribution is 2.19. The molecule has 0 aliphatic heterocycles. The van der Waals surface area contributed by atoms with E-state index in [1.165, 1.54) is 11.8 Å². The first kappa shape index (κ1) is 17.2. The number of thioether (sulfide) groups is 1. The van der Waals surface area contributed by atoms with Crippen LogP contribution in [0.2, 0.25) is 0 Å². The third-order valence-electron chi connectivity index (χ3n) is 3.66. The lowest BCUT2D eigenvalue weighted by atomic mass is 10.2. The molecule has 0 bridgehead atoms. The summed E-state index contributed by atoms with van der Waals surface area (Å²) in [5.41, 5.74) is 2.57. The van der Waals surface area contributed by atoms with Crippen molar-refractivity contribution in [3.05, 3.63) is 47.4 Å². The maximum Gasteiger partial charge on any atom is 0.230 e. The van der Waals surface area contributed by atoms with Crippen molar-refractivity contribution in [2.45, 2.75) is 25.5 Å². The fourth-order valence-electron chi connectivity index (χ4n) is 2.52. The van der Waals surface area contributed by atoms with Gasteiger partial charge in [-0.1, -0.05) is 30.0 Å². The van der Waals surface area contributed by atoms with E-state index in [1.807, 2.05) is 48.6 Å². The Balaban J connectivity index is 1.61. The van der Waals surface area contributed by atoms with E-state index in [9.17, 15) is 4.79 Å². The van der Waals surface area contributed by atoms with Crippen LogP contribution in [-0.2, 0) is 11.3 Å². The third kappa shape index (κ3) is 3.90. The second-order valence-electron chi connectivity index (χ2n) is 5.50. The summed E-state index contributed by atoms with van der Waals surface area (Å²) < 4.78 is 7.13. The van der Waals surface area contributed by atoms with Gasteiger partial charge in [-0.15, -0.1) is 10.2 Å². The highest BCUT2D eigenvalue weighted by atomic mass is 32.2.